The number of amides is 1. The molecule has 2 atom stereocenters. The second kappa shape index (κ2) is 7.61. The highest BCUT2D eigenvalue weighted by Crippen LogP contribution is 2.16. The van der Waals surface area contributed by atoms with Gasteiger partial charge in [0.25, 0.3) is 5.91 Å². The third-order valence-corrected chi connectivity index (χ3v) is 4.21. The number of benzene rings is 1. The first kappa shape index (κ1) is 15.3. The molecule has 3 rings (SSSR count). The van der Waals surface area contributed by atoms with Gasteiger partial charge in [-0.05, 0) is 56.5 Å². The SMILES string of the molecule is O=C(N[C@H]1CCCNC1)c1ccc(OCC2CCCO2)cc1. The van der Waals surface area contributed by atoms with E-state index in [1.165, 1.54) is 0 Å². The predicted molar refractivity (Wildman–Crippen MR) is 84.3 cm³/mol. The minimum Gasteiger partial charge on any atom is -0.491 e. The molecule has 5 heteroatoms. The van der Waals surface area contributed by atoms with Crippen molar-refractivity contribution in [2.45, 2.75) is 37.8 Å². The maximum Gasteiger partial charge on any atom is 0.251 e. The molecule has 1 amide bonds. The van der Waals surface area contributed by atoms with Crippen molar-refractivity contribution < 1.29 is 14.3 Å². The van der Waals surface area contributed by atoms with Gasteiger partial charge < -0.3 is 20.1 Å². The maximum atomic E-state index is 12.2. The van der Waals surface area contributed by atoms with Gasteiger partial charge in [0.15, 0.2) is 0 Å². The van der Waals surface area contributed by atoms with E-state index in [4.69, 9.17) is 9.47 Å². The van der Waals surface area contributed by atoms with Crippen LogP contribution in [-0.4, -0.2) is 44.4 Å². The molecule has 0 bridgehead atoms. The number of carbonyl (C=O) groups is 1. The van der Waals surface area contributed by atoms with Crippen LogP contribution in [0.2, 0.25) is 0 Å². The Morgan fingerprint density at radius 3 is 2.82 bits per heavy atom. The Kier molecular flexibility index (Phi) is 5.29. The van der Waals surface area contributed by atoms with Gasteiger partial charge in [0.2, 0.25) is 0 Å². The van der Waals surface area contributed by atoms with Gasteiger partial charge in [-0.2, -0.15) is 0 Å². The zero-order valence-corrected chi connectivity index (χ0v) is 12.8. The minimum atomic E-state index is -0.0145. The molecule has 2 aliphatic rings. The number of carbonyl (C=O) groups excluding carboxylic acids is 1. The molecule has 5 nitrogen and oxygen atoms in total. The molecule has 0 aromatic heterocycles. The normalized spacial score (nSPS) is 24.9. The summed E-state index contributed by atoms with van der Waals surface area (Å²) in [6.07, 6.45) is 4.54. The van der Waals surface area contributed by atoms with Gasteiger partial charge >= 0.3 is 0 Å². The van der Waals surface area contributed by atoms with Gasteiger partial charge in [-0.15, -0.1) is 0 Å². The zero-order chi connectivity index (χ0) is 15.2. The number of hydrogen-bond acceptors (Lipinski definition) is 4. The van der Waals surface area contributed by atoms with Gasteiger partial charge in [0.05, 0.1) is 6.10 Å². The standard InChI is InChI=1S/C17H24N2O3/c20-17(19-14-3-1-9-18-11-14)13-5-7-15(8-6-13)22-12-16-4-2-10-21-16/h5-8,14,16,18H,1-4,9-12H2,(H,19,20)/t14-,16?/m0/s1. The molecule has 2 saturated heterocycles. The lowest BCUT2D eigenvalue weighted by atomic mass is 10.1. The van der Waals surface area contributed by atoms with Crippen molar-refractivity contribution in [3.05, 3.63) is 29.8 Å². The fraction of sp³-hybridized carbons (Fsp3) is 0.588. The van der Waals surface area contributed by atoms with E-state index < -0.39 is 0 Å². The summed E-state index contributed by atoms with van der Waals surface area (Å²) in [6.45, 7) is 3.32. The molecule has 2 fully saturated rings. The Balaban J connectivity index is 1.48. The number of piperidine rings is 1. The minimum absolute atomic E-state index is 0.0145. The smallest absolute Gasteiger partial charge is 0.251 e. The highest BCUT2D eigenvalue weighted by atomic mass is 16.5. The Morgan fingerprint density at radius 1 is 1.27 bits per heavy atom. The fourth-order valence-corrected chi connectivity index (χ4v) is 2.91. The molecular formula is C17H24N2O3. The molecule has 22 heavy (non-hydrogen) atoms. The van der Waals surface area contributed by atoms with Gasteiger partial charge in [0, 0.05) is 24.8 Å². The molecule has 0 saturated carbocycles. The van der Waals surface area contributed by atoms with Crippen LogP contribution in [0.1, 0.15) is 36.0 Å². The van der Waals surface area contributed by atoms with Crippen molar-refractivity contribution in [3.63, 3.8) is 0 Å². The molecule has 0 spiro atoms. The number of hydrogen-bond donors (Lipinski definition) is 2. The topological polar surface area (TPSA) is 59.6 Å². The molecule has 0 radical (unpaired) electrons. The average Bonchev–Trinajstić information content (AvgIpc) is 3.08. The second-order valence-electron chi connectivity index (χ2n) is 5.99. The van der Waals surface area contributed by atoms with Crippen LogP contribution in [0.3, 0.4) is 0 Å². The van der Waals surface area contributed by atoms with E-state index >= 15 is 0 Å². The number of nitrogens with one attached hydrogen (secondary N) is 2. The van der Waals surface area contributed by atoms with Crippen molar-refractivity contribution in [1.29, 1.82) is 0 Å². The molecule has 1 unspecified atom stereocenters. The zero-order valence-electron chi connectivity index (χ0n) is 12.8. The summed E-state index contributed by atoms with van der Waals surface area (Å²) in [5.41, 5.74) is 0.676. The first-order valence-electron chi connectivity index (χ1n) is 8.17. The Hall–Kier alpha value is -1.59. The van der Waals surface area contributed by atoms with Crippen LogP contribution in [0, 0.1) is 0 Å². The van der Waals surface area contributed by atoms with Gasteiger partial charge in [-0.25, -0.2) is 0 Å². The highest BCUT2D eigenvalue weighted by molar-refractivity contribution is 5.94. The molecule has 2 N–H and O–H groups in total. The summed E-state index contributed by atoms with van der Waals surface area (Å²) >= 11 is 0. The maximum absolute atomic E-state index is 12.2. The summed E-state index contributed by atoms with van der Waals surface area (Å²) in [5.74, 6) is 0.769. The predicted octanol–water partition coefficient (Wildman–Crippen LogP) is 1.73. The van der Waals surface area contributed by atoms with Crippen LogP contribution in [0.5, 0.6) is 5.75 Å². The third-order valence-electron chi connectivity index (χ3n) is 4.21. The van der Waals surface area contributed by atoms with E-state index in [0.717, 1.165) is 51.1 Å². The van der Waals surface area contributed by atoms with Crippen molar-refractivity contribution in [2.75, 3.05) is 26.3 Å². The monoisotopic (exact) mass is 304 g/mol. The van der Waals surface area contributed by atoms with E-state index in [0.29, 0.717) is 12.2 Å². The third kappa shape index (κ3) is 4.21. The summed E-state index contributed by atoms with van der Waals surface area (Å²) in [6, 6.07) is 7.57. The van der Waals surface area contributed by atoms with Gasteiger partial charge in [-0.3, -0.25) is 4.79 Å². The molecular weight excluding hydrogens is 280 g/mol. The number of ether oxygens (including phenoxy) is 2. The molecule has 1 aromatic rings. The van der Waals surface area contributed by atoms with Crippen LogP contribution < -0.4 is 15.4 Å². The molecule has 1 aromatic carbocycles. The van der Waals surface area contributed by atoms with Crippen LogP contribution >= 0.6 is 0 Å². The lowest BCUT2D eigenvalue weighted by Crippen LogP contribution is -2.45. The molecule has 2 aliphatic heterocycles. The second-order valence-corrected chi connectivity index (χ2v) is 5.99. The molecule has 0 aliphatic carbocycles. The van der Waals surface area contributed by atoms with E-state index in [-0.39, 0.29) is 18.1 Å². The van der Waals surface area contributed by atoms with E-state index in [1.54, 1.807) is 0 Å². The quantitative estimate of drug-likeness (QED) is 0.870. The van der Waals surface area contributed by atoms with Crippen LogP contribution in [0.4, 0.5) is 0 Å². The van der Waals surface area contributed by atoms with Crippen LogP contribution in [-0.2, 0) is 4.74 Å². The highest BCUT2D eigenvalue weighted by Gasteiger charge is 2.17. The van der Waals surface area contributed by atoms with Crippen LogP contribution in [0.25, 0.3) is 0 Å². The van der Waals surface area contributed by atoms with Gasteiger partial charge in [0.1, 0.15) is 12.4 Å². The summed E-state index contributed by atoms with van der Waals surface area (Å²) in [4.78, 5) is 12.2. The molecule has 2 heterocycles. The molecule has 120 valence electrons. The van der Waals surface area contributed by atoms with Crippen molar-refractivity contribution >= 4 is 5.91 Å². The number of rotatable bonds is 5. The Morgan fingerprint density at radius 2 is 2.14 bits per heavy atom. The lowest BCUT2D eigenvalue weighted by molar-refractivity contribution is 0.0679. The van der Waals surface area contributed by atoms with Crippen molar-refractivity contribution in [2.24, 2.45) is 0 Å². The van der Waals surface area contributed by atoms with E-state index in [2.05, 4.69) is 10.6 Å². The Labute approximate surface area is 131 Å². The van der Waals surface area contributed by atoms with Crippen LogP contribution in [0.15, 0.2) is 24.3 Å². The first-order valence-corrected chi connectivity index (χ1v) is 8.17. The van der Waals surface area contributed by atoms with E-state index in [9.17, 15) is 4.79 Å². The largest absolute Gasteiger partial charge is 0.491 e. The summed E-state index contributed by atoms with van der Waals surface area (Å²) < 4.78 is 11.2. The average molecular weight is 304 g/mol. The lowest BCUT2D eigenvalue weighted by Gasteiger charge is -2.23. The first-order chi connectivity index (χ1) is 10.8. The summed E-state index contributed by atoms with van der Waals surface area (Å²) in [7, 11) is 0. The van der Waals surface area contributed by atoms with E-state index in [1.807, 2.05) is 24.3 Å². The fourth-order valence-electron chi connectivity index (χ4n) is 2.91. The van der Waals surface area contributed by atoms with Gasteiger partial charge in [-0.1, -0.05) is 0 Å². The van der Waals surface area contributed by atoms with Crippen molar-refractivity contribution in [1.82, 2.24) is 10.6 Å². The summed E-state index contributed by atoms with van der Waals surface area (Å²) in [5, 5.41) is 6.37. The Bertz CT molecular complexity index is 477. The van der Waals surface area contributed by atoms with Crippen molar-refractivity contribution in [3.8, 4) is 5.75 Å².